The minimum atomic E-state index is -3.62. The molecule has 0 unspecified atom stereocenters. The highest BCUT2D eigenvalue weighted by Crippen LogP contribution is 2.23. The van der Waals surface area contributed by atoms with Crippen molar-refractivity contribution in [1.82, 2.24) is 9.71 Å². The molecule has 3 rings (SSSR count). The number of hydrogen-bond donors (Lipinski definition) is 2. The van der Waals surface area contributed by atoms with Gasteiger partial charge in [-0.15, -0.1) is 0 Å². The zero-order valence-corrected chi connectivity index (χ0v) is 12.1. The quantitative estimate of drug-likeness (QED) is 0.887. The molecule has 1 aliphatic heterocycles. The van der Waals surface area contributed by atoms with Crippen LogP contribution >= 0.6 is 0 Å². The second-order valence-corrected chi connectivity index (χ2v) is 6.30. The molecule has 0 saturated heterocycles. The molecule has 2 heterocycles. The number of rotatable bonds is 2. The van der Waals surface area contributed by atoms with Gasteiger partial charge >= 0.3 is 0 Å². The predicted molar refractivity (Wildman–Crippen MR) is 80.5 cm³/mol. The SMILES string of the molecule is C[C@H](N=C1Nc2ncccc2S(=O)(=O)N1)c1ccccc1. The van der Waals surface area contributed by atoms with Crippen molar-refractivity contribution in [2.75, 3.05) is 5.32 Å². The lowest BCUT2D eigenvalue weighted by Gasteiger charge is -2.21. The van der Waals surface area contributed by atoms with E-state index in [0.717, 1.165) is 5.56 Å². The molecule has 1 aliphatic rings. The minimum absolute atomic E-state index is 0.122. The number of guanidine groups is 1. The van der Waals surface area contributed by atoms with Crippen LogP contribution in [0.5, 0.6) is 0 Å². The van der Waals surface area contributed by atoms with E-state index in [0.29, 0.717) is 0 Å². The summed E-state index contributed by atoms with van der Waals surface area (Å²) in [6.45, 7) is 1.90. The Hall–Kier alpha value is -2.41. The molecule has 108 valence electrons. The van der Waals surface area contributed by atoms with Gasteiger partial charge in [0.2, 0.25) is 5.96 Å². The number of aliphatic imine (C=N–C) groups is 1. The third-order valence-corrected chi connectivity index (χ3v) is 4.50. The van der Waals surface area contributed by atoms with Crippen LogP contribution in [-0.4, -0.2) is 19.4 Å². The summed E-state index contributed by atoms with van der Waals surface area (Å²) in [5.74, 6) is 0.466. The van der Waals surface area contributed by atoms with Crippen LogP contribution < -0.4 is 10.0 Å². The average molecular weight is 302 g/mol. The largest absolute Gasteiger partial charge is 0.309 e. The highest BCUT2D eigenvalue weighted by molar-refractivity contribution is 7.90. The molecule has 0 saturated carbocycles. The molecule has 0 radical (unpaired) electrons. The van der Waals surface area contributed by atoms with Gasteiger partial charge in [-0.05, 0) is 24.6 Å². The average Bonchev–Trinajstić information content (AvgIpc) is 2.47. The molecule has 21 heavy (non-hydrogen) atoms. The number of fused-ring (bicyclic) bond motifs is 1. The van der Waals surface area contributed by atoms with Crippen molar-refractivity contribution >= 4 is 21.8 Å². The van der Waals surface area contributed by atoms with Crippen LogP contribution in [0.15, 0.2) is 58.5 Å². The molecule has 0 bridgehead atoms. The summed E-state index contributed by atoms with van der Waals surface area (Å²) < 4.78 is 26.7. The molecular weight excluding hydrogens is 288 g/mol. The zero-order valence-electron chi connectivity index (χ0n) is 11.3. The summed E-state index contributed by atoms with van der Waals surface area (Å²) in [6, 6.07) is 12.5. The Balaban J connectivity index is 1.94. The zero-order chi connectivity index (χ0) is 14.9. The van der Waals surface area contributed by atoms with Crippen molar-refractivity contribution < 1.29 is 8.42 Å². The molecule has 2 N–H and O–H groups in total. The first-order valence-electron chi connectivity index (χ1n) is 6.44. The van der Waals surface area contributed by atoms with Gasteiger partial charge in [0, 0.05) is 6.20 Å². The first kappa shape index (κ1) is 13.6. The summed E-state index contributed by atoms with van der Waals surface area (Å²) in [7, 11) is -3.62. The number of anilines is 1. The van der Waals surface area contributed by atoms with Gasteiger partial charge in [-0.2, -0.15) is 0 Å². The summed E-state index contributed by atoms with van der Waals surface area (Å²) in [5.41, 5.74) is 0.998. The summed E-state index contributed by atoms with van der Waals surface area (Å²) in [4.78, 5) is 8.53. The van der Waals surface area contributed by atoms with E-state index in [1.54, 1.807) is 6.07 Å². The van der Waals surface area contributed by atoms with E-state index in [9.17, 15) is 8.42 Å². The van der Waals surface area contributed by atoms with Gasteiger partial charge in [0.15, 0.2) is 5.82 Å². The molecule has 1 atom stereocenters. The molecule has 1 aromatic carbocycles. The molecular formula is C14H14N4O2S. The first-order valence-corrected chi connectivity index (χ1v) is 7.92. The first-order chi connectivity index (χ1) is 10.1. The Labute approximate surface area is 123 Å². The molecule has 6 nitrogen and oxygen atoms in total. The molecule has 7 heteroatoms. The van der Waals surface area contributed by atoms with Gasteiger partial charge in [0.05, 0.1) is 6.04 Å². The van der Waals surface area contributed by atoms with Crippen LogP contribution in [0.2, 0.25) is 0 Å². The lowest BCUT2D eigenvalue weighted by molar-refractivity contribution is 0.591. The van der Waals surface area contributed by atoms with E-state index >= 15 is 0 Å². The van der Waals surface area contributed by atoms with Crippen molar-refractivity contribution in [1.29, 1.82) is 0 Å². The summed E-state index contributed by atoms with van der Waals surface area (Å²) in [6.07, 6.45) is 1.53. The number of pyridine rings is 1. The van der Waals surface area contributed by atoms with Crippen LogP contribution in [0.1, 0.15) is 18.5 Å². The number of aromatic nitrogens is 1. The smallest absolute Gasteiger partial charge is 0.267 e. The van der Waals surface area contributed by atoms with Crippen molar-refractivity contribution in [2.24, 2.45) is 4.99 Å². The van der Waals surface area contributed by atoms with E-state index in [4.69, 9.17) is 0 Å². The monoisotopic (exact) mass is 302 g/mol. The fourth-order valence-corrected chi connectivity index (χ4v) is 3.16. The number of benzene rings is 1. The standard InChI is InChI=1S/C14H14N4O2S/c1-10(11-6-3-2-4-7-11)16-14-17-13-12(8-5-9-15-13)21(19,20)18-14/h2-10H,1H3,(H2,15,16,17,18)/t10-/m0/s1. The van der Waals surface area contributed by atoms with Gasteiger partial charge in [0.25, 0.3) is 10.0 Å². The van der Waals surface area contributed by atoms with Gasteiger partial charge in [-0.25, -0.2) is 23.1 Å². The maximum absolute atomic E-state index is 12.1. The topological polar surface area (TPSA) is 83.5 Å². The van der Waals surface area contributed by atoms with E-state index < -0.39 is 10.0 Å². The Bertz CT molecular complexity index is 788. The van der Waals surface area contributed by atoms with Crippen molar-refractivity contribution in [2.45, 2.75) is 17.9 Å². The van der Waals surface area contributed by atoms with Crippen LogP contribution in [0.4, 0.5) is 5.82 Å². The van der Waals surface area contributed by atoms with Crippen LogP contribution in [0.25, 0.3) is 0 Å². The van der Waals surface area contributed by atoms with Gasteiger partial charge in [-0.3, -0.25) is 0 Å². The van der Waals surface area contributed by atoms with Crippen LogP contribution in [0.3, 0.4) is 0 Å². The number of nitrogens with one attached hydrogen (secondary N) is 2. The summed E-state index contributed by atoms with van der Waals surface area (Å²) in [5, 5.41) is 2.90. The molecule has 0 aliphatic carbocycles. The minimum Gasteiger partial charge on any atom is -0.309 e. The van der Waals surface area contributed by atoms with Crippen molar-refractivity contribution in [3.05, 3.63) is 54.2 Å². The molecule has 0 fully saturated rings. The second-order valence-electron chi connectivity index (χ2n) is 4.65. The van der Waals surface area contributed by atoms with Crippen LogP contribution in [0, 0.1) is 0 Å². The number of sulfonamides is 1. The maximum Gasteiger partial charge on any atom is 0.267 e. The Morgan fingerprint density at radius 3 is 2.67 bits per heavy atom. The highest BCUT2D eigenvalue weighted by atomic mass is 32.2. The van der Waals surface area contributed by atoms with E-state index in [1.165, 1.54) is 12.3 Å². The fraction of sp³-hybridized carbons (Fsp3) is 0.143. The lowest BCUT2D eigenvalue weighted by atomic mass is 10.1. The Morgan fingerprint density at radius 1 is 1.14 bits per heavy atom. The second kappa shape index (κ2) is 5.17. The number of hydrogen-bond acceptors (Lipinski definition) is 4. The molecule has 0 spiro atoms. The molecule has 2 aromatic rings. The lowest BCUT2D eigenvalue weighted by Crippen LogP contribution is -2.41. The van der Waals surface area contributed by atoms with Crippen molar-refractivity contribution in [3.63, 3.8) is 0 Å². The Kier molecular flexibility index (Phi) is 3.34. The molecule has 0 amide bonds. The van der Waals surface area contributed by atoms with Gasteiger partial charge in [0.1, 0.15) is 4.90 Å². The molecule has 1 aromatic heterocycles. The van der Waals surface area contributed by atoms with Gasteiger partial charge in [-0.1, -0.05) is 30.3 Å². The summed E-state index contributed by atoms with van der Waals surface area (Å²) >= 11 is 0. The van der Waals surface area contributed by atoms with E-state index in [-0.39, 0.29) is 22.7 Å². The Morgan fingerprint density at radius 2 is 1.90 bits per heavy atom. The van der Waals surface area contributed by atoms with Crippen molar-refractivity contribution in [3.8, 4) is 0 Å². The fourth-order valence-electron chi connectivity index (χ4n) is 2.08. The third kappa shape index (κ3) is 2.73. The van der Waals surface area contributed by atoms with E-state index in [2.05, 4.69) is 20.0 Å². The highest BCUT2D eigenvalue weighted by Gasteiger charge is 2.27. The predicted octanol–water partition coefficient (Wildman–Crippen LogP) is 1.90. The van der Waals surface area contributed by atoms with Crippen LogP contribution in [-0.2, 0) is 10.0 Å². The number of nitrogens with zero attached hydrogens (tertiary/aromatic N) is 2. The third-order valence-electron chi connectivity index (χ3n) is 3.13. The normalized spacial score (nSPS) is 19.2. The van der Waals surface area contributed by atoms with Gasteiger partial charge < -0.3 is 5.32 Å². The maximum atomic E-state index is 12.1. The van der Waals surface area contributed by atoms with E-state index in [1.807, 2.05) is 37.3 Å².